The average molecular weight is 410 g/mol. The van der Waals surface area contributed by atoms with Gasteiger partial charge in [0.25, 0.3) is 11.8 Å². The summed E-state index contributed by atoms with van der Waals surface area (Å²) < 4.78 is 0. The zero-order valence-corrected chi connectivity index (χ0v) is 17.7. The molecule has 2 aromatic rings. The lowest BCUT2D eigenvalue weighted by Gasteiger charge is -2.33. The molecule has 0 aromatic heterocycles. The minimum Gasteiger partial charge on any atom is -0.303 e. The molecule has 1 fully saturated rings. The van der Waals surface area contributed by atoms with Crippen molar-refractivity contribution in [3.8, 4) is 0 Å². The largest absolute Gasteiger partial charge is 0.303 e. The normalized spacial score (nSPS) is 18.0. The highest BCUT2D eigenvalue weighted by molar-refractivity contribution is 6.31. The van der Waals surface area contributed by atoms with E-state index in [2.05, 4.69) is 24.8 Å². The summed E-state index contributed by atoms with van der Waals surface area (Å²) in [5, 5.41) is 0.771. The van der Waals surface area contributed by atoms with Gasteiger partial charge < -0.3 is 4.90 Å². The minimum atomic E-state index is -0.221. The van der Waals surface area contributed by atoms with Gasteiger partial charge in [-0.05, 0) is 67.1 Å². The quantitative estimate of drug-likeness (QED) is 0.657. The molecule has 151 valence electrons. The van der Waals surface area contributed by atoms with E-state index in [1.807, 2.05) is 12.1 Å². The first-order chi connectivity index (χ1) is 13.9. The molecule has 1 radical (unpaired) electrons. The van der Waals surface area contributed by atoms with Crippen molar-refractivity contribution in [3.05, 3.63) is 75.7 Å². The van der Waals surface area contributed by atoms with Crippen LogP contribution in [-0.4, -0.2) is 41.2 Å². The molecule has 5 heteroatoms. The predicted octanol–water partition coefficient (Wildman–Crippen LogP) is 4.93. The van der Waals surface area contributed by atoms with Gasteiger partial charge in [0.15, 0.2) is 0 Å². The average Bonchev–Trinajstić information content (AvgIpc) is 2.95. The molecule has 0 bridgehead atoms. The number of benzene rings is 2. The highest BCUT2D eigenvalue weighted by Gasteiger charge is 2.35. The van der Waals surface area contributed by atoms with Crippen LogP contribution < -0.4 is 0 Å². The van der Waals surface area contributed by atoms with Gasteiger partial charge in [0.1, 0.15) is 0 Å². The van der Waals surface area contributed by atoms with E-state index in [4.69, 9.17) is 11.6 Å². The topological polar surface area (TPSA) is 40.6 Å². The Bertz CT molecular complexity index is 897. The molecule has 0 atom stereocenters. The van der Waals surface area contributed by atoms with E-state index in [1.54, 1.807) is 24.3 Å². The molecule has 29 heavy (non-hydrogen) atoms. The zero-order valence-electron chi connectivity index (χ0n) is 17.0. The van der Waals surface area contributed by atoms with Crippen molar-refractivity contribution < 1.29 is 9.59 Å². The number of carbonyl (C=O) groups excluding carboxylic acids is 2. The molecule has 0 saturated carbocycles. The number of nitrogens with zero attached hydrogens (tertiary/aromatic N) is 2. The van der Waals surface area contributed by atoms with Gasteiger partial charge in [-0.3, -0.25) is 14.5 Å². The van der Waals surface area contributed by atoms with E-state index < -0.39 is 0 Å². The number of hydrogen-bond acceptors (Lipinski definition) is 3. The van der Waals surface area contributed by atoms with Gasteiger partial charge in [-0.1, -0.05) is 49.7 Å². The van der Waals surface area contributed by atoms with Crippen LogP contribution in [0.1, 0.15) is 64.4 Å². The van der Waals surface area contributed by atoms with Crippen molar-refractivity contribution in [1.29, 1.82) is 0 Å². The maximum Gasteiger partial charge on any atom is 0.261 e. The minimum absolute atomic E-state index is 0.221. The monoisotopic (exact) mass is 409 g/mol. The smallest absolute Gasteiger partial charge is 0.261 e. The van der Waals surface area contributed by atoms with E-state index in [0.29, 0.717) is 17.0 Å². The van der Waals surface area contributed by atoms with Crippen LogP contribution >= 0.6 is 11.6 Å². The molecule has 2 aromatic carbocycles. The number of amides is 2. The summed E-state index contributed by atoms with van der Waals surface area (Å²) in [7, 11) is 0. The molecular weight excluding hydrogens is 384 g/mol. The maximum absolute atomic E-state index is 12.7. The van der Waals surface area contributed by atoms with Crippen molar-refractivity contribution >= 4 is 23.4 Å². The lowest BCUT2D eigenvalue weighted by molar-refractivity contribution is 0.0642. The second-order valence-electron chi connectivity index (χ2n) is 8.36. The first-order valence-corrected chi connectivity index (χ1v) is 10.6. The number of imide groups is 1. The molecule has 2 amide bonds. The van der Waals surface area contributed by atoms with Gasteiger partial charge >= 0.3 is 0 Å². The third-order valence-corrected chi connectivity index (χ3v) is 6.19. The predicted molar refractivity (Wildman–Crippen MR) is 115 cm³/mol. The van der Waals surface area contributed by atoms with Gasteiger partial charge in [-0.2, -0.15) is 0 Å². The summed E-state index contributed by atoms with van der Waals surface area (Å²) in [5.74, 6) is 1.41. The summed E-state index contributed by atoms with van der Waals surface area (Å²) in [5.41, 5.74) is 3.06. The Morgan fingerprint density at radius 1 is 1.00 bits per heavy atom. The Hall–Kier alpha value is -2.17. The maximum atomic E-state index is 12.7. The van der Waals surface area contributed by atoms with E-state index >= 15 is 0 Å². The Morgan fingerprint density at radius 3 is 2.21 bits per heavy atom. The number of carbonyl (C=O) groups is 2. The van der Waals surface area contributed by atoms with Crippen molar-refractivity contribution in [2.45, 2.75) is 39.2 Å². The van der Waals surface area contributed by atoms with E-state index in [9.17, 15) is 9.59 Å². The van der Waals surface area contributed by atoms with E-state index in [1.165, 1.54) is 10.8 Å². The fourth-order valence-electron chi connectivity index (χ4n) is 4.42. The summed E-state index contributed by atoms with van der Waals surface area (Å²) in [6.45, 7) is 7.81. The number of hydrogen-bond donors (Lipinski definition) is 0. The van der Waals surface area contributed by atoms with Crippen LogP contribution in [-0.2, 0) is 6.54 Å². The van der Waals surface area contributed by atoms with Crippen LogP contribution in [0.4, 0.5) is 0 Å². The summed E-state index contributed by atoms with van der Waals surface area (Å²) in [6.07, 6.45) is 2.15. The highest BCUT2D eigenvalue weighted by atomic mass is 35.5. The number of fused-ring (bicyclic) bond motifs is 1. The number of likely N-dealkylation sites (tertiary alicyclic amines) is 1. The Labute approximate surface area is 177 Å². The Balaban J connectivity index is 1.49. The number of piperidine rings is 1. The highest BCUT2D eigenvalue weighted by Crippen LogP contribution is 2.34. The van der Waals surface area contributed by atoms with Gasteiger partial charge in [0.2, 0.25) is 0 Å². The lowest BCUT2D eigenvalue weighted by atomic mass is 9.88. The van der Waals surface area contributed by atoms with Gasteiger partial charge in [-0.15, -0.1) is 0 Å². The molecule has 0 unspecified atom stereocenters. The van der Waals surface area contributed by atoms with Crippen molar-refractivity contribution in [1.82, 2.24) is 9.80 Å². The van der Waals surface area contributed by atoms with Crippen LogP contribution in [0.25, 0.3) is 0 Å². The third-order valence-electron chi connectivity index (χ3n) is 5.85. The SMILES string of the molecule is C[C](C)CN1CCC(c2cc(CN3C(=O)c4ccccc4C3=O)ccc2Cl)CC1. The Kier molecular flexibility index (Phi) is 5.75. The first-order valence-electron chi connectivity index (χ1n) is 10.2. The molecule has 2 heterocycles. The van der Waals surface area contributed by atoms with Gasteiger partial charge in [0, 0.05) is 11.6 Å². The first kappa shape index (κ1) is 20.1. The van der Waals surface area contributed by atoms with Crippen LogP contribution in [0, 0.1) is 5.92 Å². The van der Waals surface area contributed by atoms with Gasteiger partial charge in [0.05, 0.1) is 17.7 Å². The molecule has 2 aliphatic heterocycles. The summed E-state index contributed by atoms with van der Waals surface area (Å²) in [4.78, 5) is 29.1. The molecule has 4 nitrogen and oxygen atoms in total. The molecule has 0 aliphatic carbocycles. The third kappa shape index (κ3) is 4.10. The molecule has 1 saturated heterocycles. The van der Waals surface area contributed by atoms with Gasteiger partial charge in [-0.25, -0.2) is 0 Å². The molecule has 2 aliphatic rings. The van der Waals surface area contributed by atoms with Crippen LogP contribution in [0.2, 0.25) is 5.02 Å². The zero-order chi connectivity index (χ0) is 20.5. The Morgan fingerprint density at radius 2 is 1.62 bits per heavy atom. The van der Waals surface area contributed by atoms with Crippen molar-refractivity contribution in [2.24, 2.45) is 0 Å². The molecule has 0 N–H and O–H groups in total. The molecular formula is C24H26ClN2O2. The molecule has 4 rings (SSSR count). The lowest BCUT2D eigenvalue weighted by Crippen LogP contribution is -2.35. The van der Waals surface area contributed by atoms with Crippen molar-refractivity contribution in [2.75, 3.05) is 19.6 Å². The fourth-order valence-corrected chi connectivity index (χ4v) is 4.69. The van der Waals surface area contributed by atoms with Crippen molar-refractivity contribution in [3.63, 3.8) is 0 Å². The number of halogens is 1. The van der Waals surface area contributed by atoms with E-state index in [0.717, 1.165) is 48.6 Å². The molecule has 0 spiro atoms. The summed E-state index contributed by atoms with van der Waals surface area (Å²) >= 11 is 6.53. The fraction of sp³-hybridized carbons (Fsp3) is 0.375. The number of rotatable bonds is 5. The second kappa shape index (κ2) is 8.29. The second-order valence-corrected chi connectivity index (χ2v) is 8.76. The van der Waals surface area contributed by atoms with Crippen LogP contribution in [0.5, 0.6) is 0 Å². The van der Waals surface area contributed by atoms with Crippen LogP contribution in [0.15, 0.2) is 42.5 Å². The van der Waals surface area contributed by atoms with Crippen LogP contribution in [0.3, 0.4) is 0 Å². The standard InChI is InChI=1S/C24H26ClN2O2/c1-16(2)14-26-11-9-18(10-12-26)21-13-17(7-8-22(21)25)15-27-23(28)19-5-3-4-6-20(19)24(27)29/h3-8,13,18H,9-12,14-15H2,1-2H3. The van der Waals surface area contributed by atoms with E-state index in [-0.39, 0.29) is 18.4 Å². The summed E-state index contributed by atoms with van der Waals surface area (Å²) in [6, 6.07) is 12.9.